The largest absolute Gasteiger partial charge is 0.546 e. The smallest absolute Gasteiger partial charge is 0.232 e. The lowest BCUT2D eigenvalue weighted by Gasteiger charge is -2.23. The summed E-state index contributed by atoms with van der Waals surface area (Å²) >= 11 is -1.59. The maximum Gasteiger partial charge on any atom is 0.232 e. The van der Waals surface area contributed by atoms with Crippen molar-refractivity contribution in [3.05, 3.63) is 36.4 Å². The van der Waals surface area contributed by atoms with Crippen LogP contribution in [-0.2, 0) is 0 Å². The van der Waals surface area contributed by atoms with E-state index in [1.807, 2.05) is 12.1 Å². The van der Waals surface area contributed by atoms with E-state index < -0.39 is 11.1 Å². The van der Waals surface area contributed by atoms with Crippen LogP contribution in [0.25, 0.3) is 10.8 Å². The molecule has 3 aromatic rings. The Hall–Kier alpha value is -2.58. The summed E-state index contributed by atoms with van der Waals surface area (Å²) in [4.78, 5) is 2.34. The van der Waals surface area contributed by atoms with Crippen LogP contribution in [0.2, 0.25) is 0 Å². The van der Waals surface area contributed by atoms with E-state index in [2.05, 4.69) is 57.1 Å². The molecule has 0 bridgehead atoms. The van der Waals surface area contributed by atoms with Gasteiger partial charge in [0.15, 0.2) is 11.1 Å². The molecular weight excluding hydrogens is 362 g/mol. The van der Waals surface area contributed by atoms with Crippen LogP contribution in [0.5, 0.6) is 5.75 Å². The van der Waals surface area contributed by atoms with Crippen LogP contribution in [0, 0.1) is 0 Å². The first-order chi connectivity index (χ1) is 13.1. The Balaban J connectivity index is 1.63. The highest BCUT2D eigenvalue weighted by molar-refractivity contribution is 7.14. The number of rotatable bonds is 9. The maximum atomic E-state index is 11.2. The number of ether oxygens (including phenoxy) is 1. The fourth-order valence-electron chi connectivity index (χ4n) is 3.09. The summed E-state index contributed by atoms with van der Waals surface area (Å²) in [6.07, 6.45) is 0.755. The molecule has 1 aromatic heterocycles. The number of benzene rings is 2. The second kappa shape index (κ2) is 8.88. The SMILES string of the molecule is CCN(CC)c1cccc2c(OCCCNc3n[s+]([O-])nc3N)cccc12. The van der Waals surface area contributed by atoms with Gasteiger partial charge in [0, 0.05) is 44.8 Å². The lowest BCUT2D eigenvalue weighted by atomic mass is 10.1. The molecule has 7 nitrogen and oxygen atoms in total. The van der Waals surface area contributed by atoms with Crippen LogP contribution in [-0.4, -0.2) is 39.5 Å². The number of aromatic nitrogens is 2. The van der Waals surface area contributed by atoms with Gasteiger partial charge in [-0.25, -0.2) is 0 Å². The second-order valence-electron chi connectivity index (χ2n) is 6.08. The van der Waals surface area contributed by atoms with Gasteiger partial charge in [0.25, 0.3) is 0 Å². The highest BCUT2D eigenvalue weighted by Crippen LogP contribution is 2.32. The first kappa shape index (κ1) is 19.2. The van der Waals surface area contributed by atoms with Crippen molar-refractivity contribution in [1.29, 1.82) is 0 Å². The lowest BCUT2D eigenvalue weighted by Crippen LogP contribution is -2.21. The van der Waals surface area contributed by atoms with Crippen molar-refractivity contribution in [2.45, 2.75) is 20.3 Å². The van der Waals surface area contributed by atoms with Crippen molar-refractivity contribution in [2.75, 3.05) is 42.2 Å². The van der Waals surface area contributed by atoms with Crippen LogP contribution < -0.4 is 20.7 Å². The fourth-order valence-corrected chi connectivity index (χ4v) is 3.70. The molecule has 0 fully saturated rings. The molecule has 3 rings (SSSR count). The van der Waals surface area contributed by atoms with Gasteiger partial charge in [-0.3, -0.25) is 0 Å². The summed E-state index contributed by atoms with van der Waals surface area (Å²) in [6, 6.07) is 12.5. The van der Waals surface area contributed by atoms with Crippen LogP contribution in [0.4, 0.5) is 17.3 Å². The number of nitrogens with zero attached hydrogens (tertiary/aromatic N) is 3. The monoisotopic (exact) mass is 387 g/mol. The molecule has 0 aliphatic rings. The Labute approximate surface area is 162 Å². The Morgan fingerprint density at radius 1 is 1.11 bits per heavy atom. The molecule has 0 saturated carbocycles. The van der Waals surface area contributed by atoms with Crippen molar-refractivity contribution < 1.29 is 9.29 Å². The molecule has 1 heterocycles. The molecule has 0 saturated heterocycles. The Morgan fingerprint density at radius 2 is 1.85 bits per heavy atom. The van der Waals surface area contributed by atoms with Crippen molar-refractivity contribution in [3.63, 3.8) is 0 Å². The summed E-state index contributed by atoms with van der Waals surface area (Å²) < 4.78 is 24.6. The minimum atomic E-state index is -1.59. The number of fused-ring (bicyclic) bond motifs is 1. The quantitative estimate of drug-likeness (QED) is 0.427. The van der Waals surface area contributed by atoms with E-state index in [1.165, 1.54) is 11.1 Å². The predicted molar refractivity (Wildman–Crippen MR) is 111 cm³/mol. The molecule has 27 heavy (non-hydrogen) atoms. The number of nitrogens with two attached hydrogens (primary N) is 1. The van der Waals surface area contributed by atoms with Gasteiger partial charge in [-0.1, -0.05) is 24.3 Å². The van der Waals surface area contributed by atoms with Gasteiger partial charge in [0.1, 0.15) is 5.75 Å². The zero-order chi connectivity index (χ0) is 19.2. The molecule has 8 heteroatoms. The average molecular weight is 388 g/mol. The van der Waals surface area contributed by atoms with Gasteiger partial charge in [0.2, 0.25) is 11.6 Å². The lowest BCUT2D eigenvalue weighted by molar-refractivity contribution is 0.318. The van der Waals surface area contributed by atoms with Crippen molar-refractivity contribution >= 4 is 39.2 Å². The third-order valence-corrected chi connectivity index (χ3v) is 5.11. The standard InChI is InChI=1S/C19H25N5O2S/c1-3-24(4-2)16-10-5-9-15-14(16)8-6-11-17(15)26-13-7-12-21-19-18(20)22-27(25)23-19/h5-6,8-11H,3-4,7,12-13H2,1-2H3,(H2,20,22)(H,21,23). The Kier molecular flexibility index (Phi) is 6.31. The second-order valence-corrected chi connectivity index (χ2v) is 6.90. The van der Waals surface area contributed by atoms with Crippen molar-refractivity contribution in [3.8, 4) is 5.75 Å². The molecule has 0 aliphatic heterocycles. The molecule has 0 spiro atoms. The van der Waals surface area contributed by atoms with Gasteiger partial charge in [0.05, 0.1) is 6.61 Å². The van der Waals surface area contributed by atoms with E-state index in [-0.39, 0.29) is 5.82 Å². The summed E-state index contributed by atoms with van der Waals surface area (Å²) in [5, 5.41) is 5.35. The maximum absolute atomic E-state index is 11.2. The van der Waals surface area contributed by atoms with Crippen LogP contribution in [0.3, 0.4) is 0 Å². The molecule has 1 unspecified atom stereocenters. The van der Waals surface area contributed by atoms with Gasteiger partial charge >= 0.3 is 0 Å². The molecule has 1 atom stereocenters. The normalized spacial score (nSPS) is 11.6. The van der Waals surface area contributed by atoms with Gasteiger partial charge < -0.3 is 25.2 Å². The van der Waals surface area contributed by atoms with Crippen molar-refractivity contribution in [1.82, 2.24) is 8.75 Å². The van der Waals surface area contributed by atoms with Crippen LogP contribution >= 0.6 is 11.1 Å². The Morgan fingerprint density at radius 3 is 2.56 bits per heavy atom. The zero-order valence-corrected chi connectivity index (χ0v) is 16.5. The van der Waals surface area contributed by atoms with Crippen LogP contribution in [0.15, 0.2) is 36.4 Å². The third-order valence-electron chi connectivity index (χ3n) is 4.42. The number of nitrogen functional groups attached to an aromatic ring is 1. The number of hydrogen-bond acceptors (Lipinski definition) is 7. The molecule has 0 amide bonds. The van der Waals surface area contributed by atoms with E-state index >= 15 is 0 Å². The highest BCUT2D eigenvalue weighted by atomic mass is 32.2. The fraction of sp³-hybridized carbons (Fsp3) is 0.368. The first-order valence-corrected chi connectivity index (χ1v) is 10.2. The van der Waals surface area contributed by atoms with E-state index in [0.29, 0.717) is 19.0 Å². The molecular formula is C19H25N5O2S. The first-order valence-electron chi connectivity index (χ1n) is 9.12. The molecule has 3 N–H and O–H groups in total. The summed E-state index contributed by atoms with van der Waals surface area (Å²) in [5.74, 6) is 1.46. The minimum Gasteiger partial charge on any atom is -0.546 e. The third kappa shape index (κ3) is 4.40. The van der Waals surface area contributed by atoms with Gasteiger partial charge in [-0.05, 0) is 32.4 Å². The summed E-state index contributed by atoms with van der Waals surface area (Å²) in [7, 11) is 0. The van der Waals surface area contributed by atoms with E-state index in [0.717, 1.165) is 30.6 Å². The topological polar surface area (TPSA) is 99.4 Å². The highest BCUT2D eigenvalue weighted by Gasteiger charge is 2.12. The van der Waals surface area contributed by atoms with Crippen molar-refractivity contribution in [2.24, 2.45) is 0 Å². The van der Waals surface area contributed by atoms with Crippen LogP contribution in [0.1, 0.15) is 20.3 Å². The summed E-state index contributed by atoms with van der Waals surface area (Å²) in [5.41, 5.74) is 6.86. The summed E-state index contributed by atoms with van der Waals surface area (Å²) in [6.45, 7) is 7.42. The average Bonchev–Trinajstić information content (AvgIpc) is 3.00. The van der Waals surface area contributed by atoms with E-state index in [1.54, 1.807) is 0 Å². The molecule has 0 radical (unpaired) electrons. The van der Waals surface area contributed by atoms with E-state index in [4.69, 9.17) is 10.5 Å². The van der Waals surface area contributed by atoms with Gasteiger partial charge in [-0.2, -0.15) is 0 Å². The number of nitrogens with one attached hydrogen (secondary N) is 1. The van der Waals surface area contributed by atoms with Gasteiger partial charge in [-0.15, -0.1) is 0 Å². The Bertz CT molecular complexity index is 895. The predicted octanol–water partition coefficient (Wildman–Crippen LogP) is 3.67. The zero-order valence-electron chi connectivity index (χ0n) is 15.6. The van der Waals surface area contributed by atoms with E-state index in [9.17, 15) is 4.55 Å². The molecule has 144 valence electrons. The molecule has 0 aliphatic carbocycles. The minimum absolute atomic E-state index is 0.187. The number of hydrogen-bond donors (Lipinski definition) is 2. The molecule has 2 aromatic carbocycles. The number of anilines is 3.